The lowest BCUT2D eigenvalue weighted by Crippen LogP contribution is -2.23. The number of esters is 1. The van der Waals surface area contributed by atoms with Crippen LogP contribution in [0.1, 0.15) is 10.4 Å². The van der Waals surface area contributed by atoms with E-state index < -0.39 is 6.67 Å². The molecule has 0 aliphatic heterocycles. The van der Waals surface area contributed by atoms with Crippen molar-refractivity contribution in [2.24, 2.45) is 0 Å². The number of hydrogen-bond acceptors (Lipinski definition) is 3. The summed E-state index contributed by atoms with van der Waals surface area (Å²) in [6.07, 6.45) is 0. The van der Waals surface area contributed by atoms with Crippen molar-refractivity contribution in [3.8, 4) is 0 Å². The van der Waals surface area contributed by atoms with Crippen LogP contribution in [0.25, 0.3) is 0 Å². The maximum atomic E-state index is 11.7. The van der Waals surface area contributed by atoms with E-state index in [0.29, 0.717) is 18.7 Å². The van der Waals surface area contributed by atoms with Crippen molar-refractivity contribution in [3.05, 3.63) is 35.9 Å². The van der Waals surface area contributed by atoms with E-state index in [1.807, 2.05) is 6.07 Å². The van der Waals surface area contributed by atoms with Crippen LogP contribution >= 0.6 is 0 Å². The van der Waals surface area contributed by atoms with Crippen LogP contribution in [0.2, 0.25) is 0 Å². The number of rotatable bonds is 6. The van der Waals surface area contributed by atoms with E-state index in [9.17, 15) is 9.18 Å². The van der Waals surface area contributed by atoms with Gasteiger partial charge in [-0.05, 0) is 12.1 Å². The van der Waals surface area contributed by atoms with Gasteiger partial charge in [-0.15, -0.1) is 0 Å². The van der Waals surface area contributed by atoms with E-state index in [4.69, 9.17) is 4.74 Å². The van der Waals surface area contributed by atoms with Gasteiger partial charge in [0.25, 0.3) is 0 Å². The maximum absolute atomic E-state index is 11.7. The van der Waals surface area contributed by atoms with Gasteiger partial charge in [0, 0.05) is 13.1 Å². The van der Waals surface area contributed by atoms with E-state index >= 15 is 0 Å². The minimum Gasteiger partial charge on any atom is -0.461 e. The monoisotopic (exact) mass is 211 g/mol. The van der Waals surface area contributed by atoms with Crippen molar-refractivity contribution in [1.82, 2.24) is 5.32 Å². The highest BCUT2D eigenvalue weighted by Gasteiger charge is 2.04. The molecule has 0 amide bonds. The first-order chi connectivity index (χ1) is 7.34. The molecule has 1 rings (SSSR count). The molecule has 0 aliphatic rings. The fraction of sp³-hybridized carbons (Fsp3) is 0.364. The topological polar surface area (TPSA) is 38.3 Å². The Morgan fingerprint density at radius 3 is 2.67 bits per heavy atom. The van der Waals surface area contributed by atoms with Gasteiger partial charge in [0.1, 0.15) is 13.3 Å². The predicted molar refractivity (Wildman–Crippen MR) is 55.6 cm³/mol. The minimum absolute atomic E-state index is 0.258. The van der Waals surface area contributed by atoms with Crippen LogP contribution in [-0.4, -0.2) is 32.3 Å². The van der Waals surface area contributed by atoms with Gasteiger partial charge in [-0.25, -0.2) is 9.18 Å². The molecule has 0 fully saturated rings. The molecule has 0 aliphatic carbocycles. The Morgan fingerprint density at radius 1 is 1.27 bits per heavy atom. The quantitative estimate of drug-likeness (QED) is 0.571. The zero-order valence-electron chi connectivity index (χ0n) is 8.41. The Labute approximate surface area is 88.2 Å². The van der Waals surface area contributed by atoms with Gasteiger partial charge < -0.3 is 10.1 Å². The summed E-state index contributed by atoms with van der Waals surface area (Å²) in [5.74, 6) is -0.349. The third-order valence-corrected chi connectivity index (χ3v) is 1.79. The zero-order valence-corrected chi connectivity index (χ0v) is 8.41. The van der Waals surface area contributed by atoms with Gasteiger partial charge in [0.05, 0.1) is 5.56 Å². The lowest BCUT2D eigenvalue weighted by Gasteiger charge is -2.04. The molecule has 1 N–H and O–H groups in total. The summed E-state index contributed by atoms with van der Waals surface area (Å²) < 4.78 is 16.6. The first-order valence-electron chi connectivity index (χ1n) is 4.83. The molecule has 0 spiro atoms. The number of carbonyl (C=O) groups is 1. The maximum Gasteiger partial charge on any atom is 0.338 e. The summed E-state index contributed by atoms with van der Waals surface area (Å²) in [7, 11) is 0. The molecule has 0 atom stereocenters. The summed E-state index contributed by atoms with van der Waals surface area (Å²) in [6.45, 7) is 0.617. The van der Waals surface area contributed by atoms with Crippen LogP contribution in [0.3, 0.4) is 0 Å². The normalized spacial score (nSPS) is 9.93. The molecule has 15 heavy (non-hydrogen) atoms. The summed E-state index contributed by atoms with van der Waals surface area (Å²) in [6, 6.07) is 8.77. The average Bonchev–Trinajstić information content (AvgIpc) is 2.30. The number of ether oxygens (including phenoxy) is 1. The predicted octanol–water partition coefficient (Wildman–Crippen LogP) is 1.40. The third-order valence-electron chi connectivity index (χ3n) is 1.79. The molecule has 0 aromatic heterocycles. The van der Waals surface area contributed by atoms with E-state index in [-0.39, 0.29) is 12.6 Å². The molecule has 1 aromatic rings. The molecule has 4 heteroatoms. The standard InChI is InChI=1S/C11H14FNO2/c12-6-7-13-8-9-15-11(14)10-4-2-1-3-5-10/h1-5,13H,6-9H2. The number of alkyl halides is 1. The molecule has 0 unspecified atom stereocenters. The van der Waals surface area contributed by atoms with Crippen LogP contribution in [0, 0.1) is 0 Å². The van der Waals surface area contributed by atoms with Crippen LogP contribution < -0.4 is 5.32 Å². The number of hydrogen-bond donors (Lipinski definition) is 1. The fourth-order valence-electron chi connectivity index (χ4n) is 1.07. The highest BCUT2D eigenvalue weighted by atomic mass is 19.1. The lowest BCUT2D eigenvalue weighted by molar-refractivity contribution is 0.0508. The second-order valence-corrected chi connectivity index (χ2v) is 2.94. The van der Waals surface area contributed by atoms with E-state index in [2.05, 4.69) is 5.32 Å². The van der Waals surface area contributed by atoms with Crippen molar-refractivity contribution in [2.75, 3.05) is 26.4 Å². The minimum atomic E-state index is -0.410. The summed E-state index contributed by atoms with van der Waals surface area (Å²) in [4.78, 5) is 11.4. The van der Waals surface area contributed by atoms with E-state index in [1.165, 1.54) is 0 Å². The van der Waals surface area contributed by atoms with Crippen LogP contribution in [0.5, 0.6) is 0 Å². The van der Waals surface area contributed by atoms with Crippen molar-refractivity contribution in [2.45, 2.75) is 0 Å². The Morgan fingerprint density at radius 2 is 2.00 bits per heavy atom. The highest BCUT2D eigenvalue weighted by Crippen LogP contribution is 2.00. The molecule has 3 nitrogen and oxygen atoms in total. The molecule has 0 radical (unpaired) electrons. The molecule has 1 aromatic carbocycles. The number of benzene rings is 1. The van der Waals surface area contributed by atoms with Gasteiger partial charge in [-0.1, -0.05) is 18.2 Å². The molecule has 82 valence electrons. The lowest BCUT2D eigenvalue weighted by atomic mass is 10.2. The summed E-state index contributed by atoms with van der Waals surface area (Å²) in [5.41, 5.74) is 0.531. The molecule has 0 bridgehead atoms. The summed E-state index contributed by atoms with van der Waals surface area (Å²) in [5, 5.41) is 2.79. The van der Waals surface area contributed by atoms with Crippen LogP contribution in [-0.2, 0) is 4.74 Å². The Balaban J connectivity index is 2.20. The number of carbonyl (C=O) groups excluding carboxylic acids is 1. The van der Waals surface area contributed by atoms with Crippen LogP contribution in [0.15, 0.2) is 30.3 Å². The van der Waals surface area contributed by atoms with Gasteiger partial charge in [0.2, 0.25) is 0 Å². The zero-order chi connectivity index (χ0) is 10.9. The van der Waals surface area contributed by atoms with E-state index in [1.54, 1.807) is 24.3 Å². The molecule has 0 saturated heterocycles. The average molecular weight is 211 g/mol. The van der Waals surface area contributed by atoms with Crippen LogP contribution in [0.4, 0.5) is 4.39 Å². The second-order valence-electron chi connectivity index (χ2n) is 2.94. The van der Waals surface area contributed by atoms with Gasteiger partial charge >= 0.3 is 5.97 Å². The largest absolute Gasteiger partial charge is 0.461 e. The Hall–Kier alpha value is -1.42. The third kappa shape index (κ3) is 4.56. The number of halogens is 1. The first-order valence-corrected chi connectivity index (χ1v) is 4.83. The van der Waals surface area contributed by atoms with Crippen molar-refractivity contribution < 1.29 is 13.9 Å². The first kappa shape index (κ1) is 11.7. The number of nitrogens with one attached hydrogen (secondary N) is 1. The molecule has 0 heterocycles. The molecular formula is C11H14FNO2. The summed E-state index contributed by atoms with van der Waals surface area (Å²) >= 11 is 0. The molecule has 0 saturated carbocycles. The van der Waals surface area contributed by atoms with Gasteiger partial charge in [-0.3, -0.25) is 0 Å². The van der Waals surface area contributed by atoms with Crippen molar-refractivity contribution in [1.29, 1.82) is 0 Å². The Kier molecular flexibility index (Phi) is 5.40. The fourth-order valence-corrected chi connectivity index (χ4v) is 1.07. The highest BCUT2D eigenvalue weighted by molar-refractivity contribution is 5.89. The van der Waals surface area contributed by atoms with Crippen molar-refractivity contribution in [3.63, 3.8) is 0 Å². The van der Waals surface area contributed by atoms with Gasteiger partial charge in [-0.2, -0.15) is 0 Å². The van der Waals surface area contributed by atoms with E-state index in [0.717, 1.165) is 0 Å². The SMILES string of the molecule is O=C(OCCNCCF)c1ccccc1. The molecular weight excluding hydrogens is 197 g/mol. The second kappa shape index (κ2) is 6.95. The van der Waals surface area contributed by atoms with Gasteiger partial charge in [0.15, 0.2) is 0 Å². The smallest absolute Gasteiger partial charge is 0.338 e. The Bertz CT molecular complexity index is 290. The van der Waals surface area contributed by atoms with Crippen molar-refractivity contribution >= 4 is 5.97 Å².